The molecule has 0 saturated carbocycles. The summed E-state index contributed by atoms with van der Waals surface area (Å²) in [7, 11) is -6.97. The third kappa shape index (κ3) is 6.78. The topological polar surface area (TPSA) is 157 Å². The number of aliphatic hydroxyl groups is 1. The molecule has 0 spiro atoms. The molecule has 0 unspecified atom stereocenters. The largest absolute Gasteiger partial charge is 0.445 e. The van der Waals surface area contributed by atoms with Crippen LogP contribution >= 0.6 is 0 Å². The summed E-state index contributed by atoms with van der Waals surface area (Å²) in [5, 5.41) is 20.6. The van der Waals surface area contributed by atoms with Gasteiger partial charge in [-0.3, -0.25) is 19.8 Å². The first-order valence-electron chi connectivity index (χ1n) is 15.1. The minimum atomic E-state index is -4.45. The second kappa shape index (κ2) is 13.2. The molecular weight excluding hydrogens is 619 g/mol. The maximum absolute atomic E-state index is 14.8. The summed E-state index contributed by atoms with van der Waals surface area (Å²) in [6.07, 6.45) is 0.481. The molecule has 45 heavy (non-hydrogen) atoms. The van der Waals surface area contributed by atoms with E-state index in [4.69, 9.17) is 9.16 Å². The number of likely N-dealkylation sites (tertiary alicyclic amines) is 1. The third-order valence-electron chi connectivity index (χ3n) is 9.57. The lowest BCUT2D eigenvalue weighted by Crippen LogP contribution is -2.68. The number of piperidine rings is 1. The number of sulfonamides is 1. The van der Waals surface area contributed by atoms with E-state index >= 15 is 0 Å². The Hall–Kier alpha value is -3.33. The molecule has 0 aliphatic carbocycles. The van der Waals surface area contributed by atoms with Crippen molar-refractivity contribution in [2.24, 2.45) is 11.8 Å². The van der Waals surface area contributed by atoms with Gasteiger partial charge in [0.15, 0.2) is 13.9 Å². The second-order valence-electron chi connectivity index (χ2n) is 13.3. The molecule has 246 valence electrons. The highest BCUT2D eigenvalue weighted by Crippen LogP contribution is 2.49. The van der Waals surface area contributed by atoms with Crippen molar-refractivity contribution in [3.8, 4) is 0 Å². The van der Waals surface area contributed by atoms with Crippen molar-refractivity contribution in [1.82, 2.24) is 9.21 Å². The van der Waals surface area contributed by atoms with Gasteiger partial charge in [-0.05, 0) is 66.9 Å². The number of rotatable bonds is 11. The first-order chi connectivity index (χ1) is 21.1. The van der Waals surface area contributed by atoms with Crippen LogP contribution in [0.2, 0.25) is 18.1 Å². The lowest BCUT2D eigenvalue weighted by Gasteiger charge is -2.48. The fourth-order valence-corrected chi connectivity index (χ4v) is 8.44. The minimum Gasteiger partial charge on any atom is -0.445 e. The Kier molecular flexibility index (Phi) is 10.1. The molecule has 2 heterocycles. The van der Waals surface area contributed by atoms with E-state index in [1.165, 1.54) is 4.90 Å². The van der Waals surface area contributed by atoms with Gasteiger partial charge in [-0.1, -0.05) is 51.1 Å². The Labute approximate surface area is 265 Å². The average molecular weight is 662 g/mol. The number of non-ortho nitro benzene ring substituents is 1. The van der Waals surface area contributed by atoms with Crippen LogP contribution in [0.4, 0.5) is 10.5 Å². The van der Waals surface area contributed by atoms with Crippen LogP contribution in [0.3, 0.4) is 0 Å². The first-order valence-corrected chi connectivity index (χ1v) is 19.5. The van der Waals surface area contributed by atoms with Crippen molar-refractivity contribution in [3.63, 3.8) is 0 Å². The Balaban J connectivity index is 1.79. The molecule has 14 heteroatoms. The van der Waals surface area contributed by atoms with Crippen molar-refractivity contribution in [2.75, 3.05) is 26.3 Å². The van der Waals surface area contributed by atoms with Crippen LogP contribution in [0.25, 0.3) is 0 Å². The van der Waals surface area contributed by atoms with Gasteiger partial charge in [0.2, 0.25) is 0 Å². The van der Waals surface area contributed by atoms with E-state index < -0.39 is 46.7 Å². The number of nitrogens with zero attached hydrogens (tertiary/aromatic N) is 3. The minimum absolute atomic E-state index is 0.0414. The summed E-state index contributed by atoms with van der Waals surface area (Å²) in [4.78, 5) is 40.3. The lowest BCUT2D eigenvalue weighted by atomic mass is 9.74. The molecule has 1 N–H and O–H groups in total. The van der Waals surface area contributed by atoms with E-state index in [0.717, 1.165) is 34.1 Å². The number of nitro groups is 1. The summed E-state index contributed by atoms with van der Waals surface area (Å²) >= 11 is 0. The number of hydrogen-bond acceptors (Lipinski definition) is 9. The molecule has 0 bridgehead atoms. The van der Waals surface area contributed by atoms with Gasteiger partial charge in [0.25, 0.3) is 21.6 Å². The third-order valence-corrected chi connectivity index (χ3v) is 15.8. The number of fused-ring (bicyclic) bond motifs is 1. The normalized spacial score (nSPS) is 22.3. The fourth-order valence-electron chi connectivity index (χ4n) is 5.97. The van der Waals surface area contributed by atoms with Gasteiger partial charge in [-0.2, -0.15) is 0 Å². The number of amides is 2. The van der Waals surface area contributed by atoms with Gasteiger partial charge >= 0.3 is 6.09 Å². The highest BCUT2D eigenvalue weighted by molar-refractivity contribution is 7.89. The van der Waals surface area contributed by atoms with Crippen LogP contribution in [0.15, 0.2) is 59.5 Å². The van der Waals surface area contributed by atoms with E-state index in [-0.39, 0.29) is 60.9 Å². The summed E-state index contributed by atoms with van der Waals surface area (Å²) in [5.74, 6) is -1.45. The van der Waals surface area contributed by atoms with Crippen LogP contribution in [0, 0.1) is 22.0 Å². The number of aliphatic hydroxyl groups excluding tert-OH is 1. The molecule has 2 aliphatic heterocycles. The van der Waals surface area contributed by atoms with Gasteiger partial charge in [-0.15, -0.1) is 0 Å². The summed E-state index contributed by atoms with van der Waals surface area (Å²) in [5.41, 5.74) is -1.22. The quantitative estimate of drug-likeness (QED) is 0.200. The Bertz CT molecular complexity index is 1500. The zero-order valence-corrected chi connectivity index (χ0v) is 28.3. The SMILES string of the molecule is CC(C)(C)[Si](C)(C)OC[C@@]12C(=O)N(S(=O)(=O)c3ccc([N+](=O)[O-])cc3)CC[C@@H]1[C@H](CCCO)CN2C(=O)OCc1ccccc1. The monoisotopic (exact) mass is 661 g/mol. The first kappa shape index (κ1) is 34.5. The standard InChI is InChI=1S/C31H43N3O9SSi/c1-30(2,3)45(4,5)43-22-31-27(17-18-33(28(31)36)44(40,41)26-15-13-25(14-16-26)34(38)39)24(12-9-19-35)20-32(31)29(37)42-21-23-10-7-6-8-11-23/h6-8,10-11,13-16,24,27,35H,9,12,17-22H2,1-5H3/t24-,27-,31+/m1/s1. The average Bonchev–Trinajstić information content (AvgIpc) is 3.33. The van der Waals surface area contributed by atoms with E-state index in [9.17, 15) is 33.2 Å². The van der Waals surface area contributed by atoms with Gasteiger partial charge in [0.05, 0.1) is 16.4 Å². The predicted octanol–water partition coefficient (Wildman–Crippen LogP) is 4.93. The summed E-state index contributed by atoms with van der Waals surface area (Å²) in [6.45, 7) is 9.87. The number of carbonyl (C=O) groups is 2. The number of carbonyl (C=O) groups excluding carboxylic acids is 2. The lowest BCUT2D eigenvalue weighted by molar-refractivity contribution is -0.384. The molecule has 4 rings (SSSR count). The zero-order valence-electron chi connectivity index (χ0n) is 26.5. The van der Waals surface area contributed by atoms with Gasteiger partial charge in [-0.25, -0.2) is 17.5 Å². The molecule has 0 aromatic heterocycles. The molecule has 3 atom stereocenters. The van der Waals surface area contributed by atoms with Crippen molar-refractivity contribution in [1.29, 1.82) is 0 Å². The molecule has 2 saturated heterocycles. The molecule has 2 aromatic rings. The maximum atomic E-state index is 14.8. The van der Waals surface area contributed by atoms with Crippen molar-refractivity contribution >= 4 is 36.0 Å². The number of nitro benzene ring substituents is 1. The molecule has 0 radical (unpaired) electrons. The maximum Gasteiger partial charge on any atom is 0.411 e. The Morgan fingerprint density at radius 2 is 1.78 bits per heavy atom. The van der Waals surface area contributed by atoms with E-state index in [0.29, 0.717) is 12.8 Å². The van der Waals surface area contributed by atoms with Crippen LogP contribution < -0.4 is 0 Å². The van der Waals surface area contributed by atoms with Crippen molar-refractivity contribution in [3.05, 3.63) is 70.3 Å². The molecule has 2 aromatic carbocycles. The molecule has 2 aliphatic rings. The Morgan fingerprint density at radius 1 is 1.13 bits per heavy atom. The highest BCUT2D eigenvalue weighted by atomic mass is 32.2. The smallest absolute Gasteiger partial charge is 0.411 e. The van der Waals surface area contributed by atoms with Gasteiger partial charge in [0.1, 0.15) is 6.61 Å². The highest BCUT2D eigenvalue weighted by Gasteiger charge is 2.65. The Morgan fingerprint density at radius 3 is 2.36 bits per heavy atom. The van der Waals surface area contributed by atoms with Gasteiger partial charge < -0.3 is 14.3 Å². The van der Waals surface area contributed by atoms with Crippen LogP contribution in [-0.4, -0.2) is 79.8 Å². The van der Waals surface area contributed by atoms with Crippen LogP contribution in [0.1, 0.15) is 45.6 Å². The zero-order chi connectivity index (χ0) is 33.2. The predicted molar refractivity (Wildman–Crippen MR) is 169 cm³/mol. The van der Waals surface area contributed by atoms with E-state index in [1.54, 1.807) is 0 Å². The number of benzene rings is 2. The molecular formula is C31H43N3O9SSi. The van der Waals surface area contributed by atoms with Gasteiger partial charge in [0, 0.05) is 31.8 Å². The summed E-state index contributed by atoms with van der Waals surface area (Å²) in [6, 6.07) is 13.5. The molecule has 2 fully saturated rings. The second-order valence-corrected chi connectivity index (χ2v) is 20.0. The van der Waals surface area contributed by atoms with Crippen LogP contribution in [-0.2, 0) is 30.6 Å². The number of ether oxygens (including phenoxy) is 1. The van der Waals surface area contributed by atoms with E-state index in [1.807, 2.05) is 64.2 Å². The van der Waals surface area contributed by atoms with Crippen LogP contribution in [0.5, 0.6) is 0 Å². The summed E-state index contributed by atoms with van der Waals surface area (Å²) < 4.78 is 41.0. The fraction of sp³-hybridized carbons (Fsp3) is 0.548. The van der Waals surface area contributed by atoms with E-state index in [2.05, 4.69) is 0 Å². The number of hydrogen-bond donors (Lipinski definition) is 1. The van der Waals surface area contributed by atoms with Crippen molar-refractivity contribution in [2.45, 2.75) is 75.2 Å². The van der Waals surface area contributed by atoms with Crippen molar-refractivity contribution < 1.29 is 37.2 Å². The molecule has 12 nitrogen and oxygen atoms in total. The molecule has 2 amide bonds.